The van der Waals surface area contributed by atoms with Gasteiger partial charge in [-0.25, -0.2) is 4.79 Å². The molecule has 1 heterocycles. The highest BCUT2D eigenvalue weighted by atomic mass is 16.5. The molecule has 0 bridgehead atoms. The van der Waals surface area contributed by atoms with Crippen LogP contribution in [0.1, 0.15) is 19.8 Å². The number of nitrogens with one attached hydrogen (secondary N) is 1. The molecule has 2 N–H and O–H groups in total. The third kappa shape index (κ3) is 3.30. The zero-order chi connectivity index (χ0) is 14.7. The SMILES string of the molecule is COC1CN(C(=O)NC2C=CC(C(=O)O)C2)CCC1C. The van der Waals surface area contributed by atoms with Crippen LogP contribution >= 0.6 is 0 Å². The molecule has 1 aliphatic carbocycles. The van der Waals surface area contributed by atoms with Crippen LogP contribution in [-0.2, 0) is 9.53 Å². The average molecular weight is 282 g/mol. The quantitative estimate of drug-likeness (QED) is 0.759. The van der Waals surface area contributed by atoms with Crippen molar-refractivity contribution in [2.24, 2.45) is 11.8 Å². The van der Waals surface area contributed by atoms with Crippen LogP contribution in [0.2, 0.25) is 0 Å². The Kier molecular flexibility index (Phi) is 4.65. The Bertz CT molecular complexity index is 410. The molecule has 0 saturated carbocycles. The number of nitrogens with zero attached hydrogens (tertiary/aromatic N) is 1. The number of carbonyl (C=O) groups excluding carboxylic acids is 1. The van der Waals surface area contributed by atoms with E-state index in [0.717, 1.165) is 6.42 Å². The molecule has 0 aromatic heterocycles. The van der Waals surface area contributed by atoms with E-state index < -0.39 is 11.9 Å². The molecule has 2 rings (SSSR count). The standard InChI is InChI=1S/C14H22N2O4/c1-9-5-6-16(8-12(9)20-2)14(19)15-11-4-3-10(7-11)13(17)18/h3-4,9-12H,5-8H2,1-2H3,(H,15,19)(H,17,18). The lowest BCUT2D eigenvalue weighted by atomic mass is 9.96. The first-order valence-electron chi connectivity index (χ1n) is 7.00. The van der Waals surface area contributed by atoms with Crippen molar-refractivity contribution in [2.75, 3.05) is 20.2 Å². The van der Waals surface area contributed by atoms with Crippen molar-refractivity contribution in [1.82, 2.24) is 10.2 Å². The Morgan fingerprint density at radius 1 is 1.40 bits per heavy atom. The van der Waals surface area contributed by atoms with E-state index in [4.69, 9.17) is 9.84 Å². The van der Waals surface area contributed by atoms with Gasteiger partial charge in [0.05, 0.1) is 18.1 Å². The zero-order valence-electron chi connectivity index (χ0n) is 11.9. The largest absolute Gasteiger partial charge is 0.481 e. The Hall–Kier alpha value is -1.56. The Morgan fingerprint density at radius 3 is 2.75 bits per heavy atom. The van der Waals surface area contributed by atoms with E-state index in [0.29, 0.717) is 25.4 Å². The van der Waals surface area contributed by atoms with Gasteiger partial charge in [0, 0.05) is 20.2 Å². The first kappa shape index (κ1) is 14.8. The topological polar surface area (TPSA) is 78.9 Å². The molecule has 6 heteroatoms. The van der Waals surface area contributed by atoms with Crippen LogP contribution in [0.25, 0.3) is 0 Å². The molecular weight excluding hydrogens is 260 g/mol. The number of methoxy groups -OCH3 is 1. The molecule has 4 atom stereocenters. The fraction of sp³-hybridized carbons (Fsp3) is 0.714. The molecule has 6 nitrogen and oxygen atoms in total. The predicted molar refractivity (Wildman–Crippen MR) is 73.4 cm³/mol. The first-order chi connectivity index (χ1) is 9.51. The van der Waals surface area contributed by atoms with Gasteiger partial charge in [-0.2, -0.15) is 0 Å². The van der Waals surface area contributed by atoms with Crippen LogP contribution in [0.5, 0.6) is 0 Å². The predicted octanol–water partition coefficient (Wildman–Crippen LogP) is 1.08. The summed E-state index contributed by atoms with van der Waals surface area (Å²) in [5.74, 6) is -0.885. The van der Waals surface area contributed by atoms with Gasteiger partial charge < -0.3 is 20.1 Å². The fourth-order valence-corrected chi connectivity index (χ4v) is 2.76. The molecule has 1 saturated heterocycles. The Balaban J connectivity index is 1.84. The van der Waals surface area contributed by atoms with Crippen LogP contribution < -0.4 is 5.32 Å². The van der Waals surface area contributed by atoms with Crippen LogP contribution in [0.3, 0.4) is 0 Å². The monoisotopic (exact) mass is 282 g/mol. The minimum absolute atomic E-state index is 0.0698. The summed E-state index contributed by atoms with van der Waals surface area (Å²) >= 11 is 0. The molecule has 4 unspecified atom stereocenters. The molecular formula is C14H22N2O4. The number of piperidine rings is 1. The van der Waals surface area contributed by atoms with Crippen molar-refractivity contribution >= 4 is 12.0 Å². The molecule has 1 aliphatic heterocycles. The second-order valence-corrected chi connectivity index (χ2v) is 5.61. The Morgan fingerprint density at radius 2 is 2.15 bits per heavy atom. The summed E-state index contributed by atoms with van der Waals surface area (Å²) in [6.07, 6.45) is 4.82. The van der Waals surface area contributed by atoms with Crippen molar-refractivity contribution in [2.45, 2.75) is 31.9 Å². The molecule has 0 spiro atoms. The smallest absolute Gasteiger partial charge is 0.317 e. The van der Waals surface area contributed by atoms with Gasteiger partial charge in [-0.05, 0) is 18.8 Å². The van der Waals surface area contributed by atoms with Gasteiger partial charge in [-0.3, -0.25) is 4.79 Å². The molecule has 20 heavy (non-hydrogen) atoms. The van der Waals surface area contributed by atoms with Gasteiger partial charge in [-0.15, -0.1) is 0 Å². The van der Waals surface area contributed by atoms with Crippen LogP contribution in [-0.4, -0.2) is 54.4 Å². The number of ether oxygens (including phenoxy) is 1. The second kappa shape index (κ2) is 6.26. The number of likely N-dealkylation sites (tertiary alicyclic amines) is 1. The molecule has 0 radical (unpaired) electrons. The van der Waals surface area contributed by atoms with E-state index in [1.54, 1.807) is 24.2 Å². The Labute approximate surface area is 118 Å². The number of hydrogen-bond donors (Lipinski definition) is 2. The van der Waals surface area contributed by atoms with Gasteiger partial charge >= 0.3 is 12.0 Å². The molecule has 0 aromatic rings. The van der Waals surface area contributed by atoms with Crippen molar-refractivity contribution in [1.29, 1.82) is 0 Å². The highest BCUT2D eigenvalue weighted by Crippen LogP contribution is 2.21. The number of carbonyl (C=O) groups is 2. The van der Waals surface area contributed by atoms with Gasteiger partial charge in [0.15, 0.2) is 0 Å². The maximum absolute atomic E-state index is 12.2. The van der Waals surface area contributed by atoms with Gasteiger partial charge in [0.2, 0.25) is 0 Å². The summed E-state index contributed by atoms with van der Waals surface area (Å²) in [7, 11) is 1.67. The highest BCUT2D eigenvalue weighted by molar-refractivity contribution is 5.76. The van der Waals surface area contributed by atoms with E-state index in [-0.39, 0.29) is 18.2 Å². The number of amides is 2. The van der Waals surface area contributed by atoms with Crippen LogP contribution in [0.4, 0.5) is 4.79 Å². The summed E-state index contributed by atoms with van der Waals surface area (Å²) in [5.41, 5.74) is 0. The number of carboxylic acid groups (broad SMARTS) is 1. The van der Waals surface area contributed by atoms with E-state index in [1.807, 2.05) is 0 Å². The maximum atomic E-state index is 12.2. The van der Waals surface area contributed by atoms with Gasteiger partial charge in [0.1, 0.15) is 0 Å². The van der Waals surface area contributed by atoms with E-state index in [2.05, 4.69) is 12.2 Å². The fourth-order valence-electron chi connectivity index (χ4n) is 2.76. The maximum Gasteiger partial charge on any atom is 0.317 e. The minimum Gasteiger partial charge on any atom is -0.481 e. The van der Waals surface area contributed by atoms with E-state index >= 15 is 0 Å². The van der Waals surface area contributed by atoms with Crippen molar-refractivity contribution in [3.63, 3.8) is 0 Å². The number of aliphatic carboxylic acids is 1. The van der Waals surface area contributed by atoms with Crippen LogP contribution in [0, 0.1) is 11.8 Å². The van der Waals surface area contributed by atoms with Crippen molar-refractivity contribution in [3.05, 3.63) is 12.2 Å². The third-order valence-corrected chi connectivity index (χ3v) is 4.19. The lowest BCUT2D eigenvalue weighted by molar-refractivity contribution is -0.140. The summed E-state index contributed by atoms with van der Waals surface area (Å²) in [6.45, 7) is 3.43. The summed E-state index contributed by atoms with van der Waals surface area (Å²) in [4.78, 5) is 24.8. The van der Waals surface area contributed by atoms with Crippen LogP contribution in [0.15, 0.2) is 12.2 Å². The van der Waals surface area contributed by atoms with E-state index in [1.165, 1.54) is 0 Å². The number of carboxylic acids is 1. The minimum atomic E-state index is -0.843. The lowest BCUT2D eigenvalue weighted by Gasteiger charge is -2.36. The second-order valence-electron chi connectivity index (χ2n) is 5.61. The highest BCUT2D eigenvalue weighted by Gasteiger charge is 2.31. The van der Waals surface area contributed by atoms with Crippen molar-refractivity contribution < 1.29 is 19.4 Å². The number of urea groups is 1. The molecule has 112 valence electrons. The first-order valence-corrected chi connectivity index (χ1v) is 7.00. The molecule has 1 fully saturated rings. The summed E-state index contributed by atoms with van der Waals surface area (Å²) < 4.78 is 5.39. The molecule has 2 aliphatic rings. The van der Waals surface area contributed by atoms with Crippen molar-refractivity contribution in [3.8, 4) is 0 Å². The normalized spacial score (nSPS) is 33.2. The third-order valence-electron chi connectivity index (χ3n) is 4.19. The van der Waals surface area contributed by atoms with Gasteiger partial charge in [-0.1, -0.05) is 19.1 Å². The average Bonchev–Trinajstić information content (AvgIpc) is 2.88. The lowest BCUT2D eigenvalue weighted by Crippen LogP contribution is -2.51. The molecule has 0 aromatic carbocycles. The number of rotatable bonds is 3. The summed E-state index contributed by atoms with van der Waals surface area (Å²) in [6, 6.07) is -0.330. The van der Waals surface area contributed by atoms with Gasteiger partial charge in [0.25, 0.3) is 0 Å². The number of hydrogen-bond acceptors (Lipinski definition) is 3. The zero-order valence-corrected chi connectivity index (χ0v) is 11.9. The van der Waals surface area contributed by atoms with E-state index in [9.17, 15) is 9.59 Å². The summed E-state index contributed by atoms with van der Waals surface area (Å²) in [5, 5.41) is 11.8. The molecule has 2 amide bonds.